The number of rotatable bonds is 8. The van der Waals surface area contributed by atoms with Crippen LogP contribution < -0.4 is 11.1 Å². The Balaban J connectivity index is 1.45. The van der Waals surface area contributed by atoms with E-state index in [1.54, 1.807) is 0 Å². The molecule has 34 heavy (non-hydrogen) atoms. The molecule has 2 aromatic carbocycles. The number of benzene rings is 2. The monoisotopic (exact) mass is 457 g/mol. The zero-order valence-corrected chi connectivity index (χ0v) is 19.3. The number of aromatic nitrogens is 3. The molecule has 4 aromatic rings. The normalized spacial score (nSPS) is 15.2. The highest BCUT2D eigenvalue weighted by Gasteiger charge is 2.16. The van der Waals surface area contributed by atoms with Crippen molar-refractivity contribution < 1.29 is 5.21 Å². The second-order valence-corrected chi connectivity index (χ2v) is 8.93. The van der Waals surface area contributed by atoms with E-state index in [2.05, 4.69) is 32.5 Å². The van der Waals surface area contributed by atoms with E-state index in [1.807, 2.05) is 36.4 Å². The summed E-state index contributed by atoms with van der Waals surface area (Å²) < 4.78 is 0. The van der Waals surface area contributed by atoms with Crippen molar-refractivity contribution in [2.75, 3.05) is 31.5 Å². The van der Waals surface area contributed by atoms with Crippen molar-refractivity contribution in [1.29, 1.82) is 0 Å². The Morgan fingerprint density at radius 3 is 2.71 bits per heavy atom. The van der Waals surface area contributed by atoms with Crippen molar-refractivity contribution in [3.63, 3.8) is 0 Å². The van der Waals surface area contributed by atoms with E-state index < -0.39 is 0 Å². The first-order valence-electron chi connectivity index (χ1n) is 12.0. The maximum atomic E-state index is 9.05. The van der Waals surface area contributed by atoms with Crippen molar-refractivity contribution in [3.8, 4) is 0 Å². The van der Waals surface area contributed by atoms with E-state index in [0.717, 1.165) is 53.1 Å². The van der Waals surface area contributed by atoms with Gasteiger partial charge in [-0.25, -0.2) is 9.97 Å². The smallest absolute Gasteiger partial charge is 0.170 e. The molecule has 0 radical (unpaired) electrons. The molecule has 0 atom stereocenters. The largest absolute Gasteiger partial charge is 0.409 e. The quantitative estimate of drug-likeness (QED) is 0.104. The van der Waals surface area contributed by atoms with E-state index in [0.29, 0.717) is 12.0 Å². The minimum Gasteiger partial charge on any atom is -0.409 e. The van der Waals surface area contributed by atoms with Crippen molar-refractivity contribution in [3.05, 3.63) is 65.5 Å². The third kappa shape index (κ3) is 4.82. The lowest BCUT2D eigenvalue weighted by atomic mass is 10.1. The van der Waals surface area contributed by atoms with Gasteiger partial charge in [0.15, 0.2) is 5.84 Å². The summed E-state index contributed by atoms with van der Waals surface area (Å²) >= 11 is 0. The highest BCUT2D eigenvalue weighted by Crippen LogP contribution is 2.30. The number of nitrogens with zero attached hydrogens (tertiary/aromatic N) is 4. The van der Waals surface area contributed by atoms with Gasteiger partial charge >= 0.3 is 0 Å². The summed E-state index contributed by atoms with van der Waals surface area (Å²) in [7, 11) is 0. The number of oxime groups is 1. The first kappa shape index (κ1) is 22.2. The fourth-order valence-corrected chi connectivity index (χ4v) is 4.74. The second-order valence-electron chi connectivity index (χ2n) is 8.93. The van der Waals surface area contributed by atoms with Gasteiger partial charge in [-0.05, 0) is 50.5 Å². The number of hydrogen-bond donors (Lipinski definition) is 4. The van der Waals surface area contributed by atoms with Crippen LogP contribution in [0, 0.1) is 0 Å². The number of hydrogen-bond acceptors (Lipinski definition) is 6. The van der Waals surface area contributed by atoms with Crippen molar-refractivity contribution in [2.24, 2.45) is 10.9 Å². The van der Waals surface area contributed by atoms with Gasteiger partial charge in [0.2, 0.25) is 0 Å². The Kier molecular flexibility index (Phi) is 6.58. The first-order valence-corrected chi connectivity index (χ1v) is 12.0. The number of aromatic amines is 1. The molecule has 0 spiro atoms. The van der Waals surface area contributed by atoms with Crippen molar-refractivity contribution in [1.82, 2.24) is 19.9 Å². The molecule has 2 aromatic heterocycles. The van der Waals surface area contributed by atoms with Gasteiger partial charge in [-0.1, -0.05) is 54.0 Å². The summed E-state index contributed by atoms with van der Waals surface area (Å²) in [5, 5.41) is 17.7. The third-order valence-electron chi connectivity index (χ3n) is 6.50. The molecule has 1 fully saturated rings. The summed E-state index contributed by atoms with van der Waals surface area (Å²) in [6.07, 6.45) is 5.70. The summed E-state index contributed by atoms with van der Waals surface area (Å²) in [5.41, 5.74) is 9.28. The standard InChI is InChI=1S/C26H31N7O/c27-24(32-34)19-10-11-20-21(17-19)29-26-23(20)25(28-12-7-15-33-13-5-2-6-14-33)30-22(31-26)16-18-8-3-1-4-9-18/h1,3-4,8-11,17,34H,2,5-7,12-16H2,(H2,27,32)(H2,28,29,30,31). The van der Waals surface area contributed by atoms with Gasteiger partial charge in [-0.15, -0.1) is 0 Å². The van der Waals surface area contributed by atoms with Gasteiger partial charge in [0.05, 0.1) is 5.39 Å². The van der Waals surface area contributed by atoms with Gasteiger partial charge in [0.25, 0.3) is 0 Å². The molecule has 1 saturated heterocycles. The average Bonchev–Trinajstić information content (AvgIpc) is 3.25. The van der Waals surface area contributed by atoms with Crippen LogP contribution in [0.1, 0.15) is 42.6 Å². The topological polar surface area (TPSA) is 115 Å². The lowest BCUT2D eigenvalue weighted by molar-refractivity contribution is 0.228. The average molecular weight is 458 g/mol. The van der Waals surface area contributed by atoms with Crippen molar-refractivity contribution >= 4 is 33.6 Å². The summed E-state index contributed by atoms with van der Waals surface area (Å²) in [4.78, 5) is 15.7. The molecule has 176 valence electrons. The minimum absolute atomic E-state index is 0.0764. The number of nitrogens with two attached hydrogens (primary N) is 1. The minimum atomic E-state index is 0.0764. The molecule has 5 rings (SSSR count). The van der Waals surface area contributed by atoms with E-state index in [-0.39, 0.29) is 5.84 Å². The predicted molar refractivity (Wildman–Crippen MR) is 137 cm³/mol. The number of piperidine rings is 1. The van der Waals surface area contributed by atoms with E-state index in [1.165, 1.54) is 37.9 Å². The maximum absolute atomic E-state index is 9.05. The molecule has 0 saturated carbocycles. The van der Waals surface area contributed by atoms with Crippen LogP contribution in [0.25, 0.3) is 21.9 Å². The van der Waals surface area contributed by atoms with Gasteiger partial charge in [-0.2, -0.15) is 0 Å². The van der Waals surface area contributed by atoms with E-state index >= 15 is 0 Å². The molecule has 0 amide bonds. The van der Waals surface area contributed by atoms with E-state index in [4.69, 9.17) is 20.9 Å². The number of H-pyrrole nitrogens is 1. The molecule has 1 aliphatic heterocycles. The Morgan fingerprint density at radius 1 is 1.09 bits per heavy atom. The lowest BCUT2D eigenvalue weighted by Crippen LogP contribution is -2.31. The number of anilines is 1. The molecule has 3 heterocycles. The summed E-state index contributed by atoms with van der Waals surface area (Å²) in [6, 6.07) is 16.0. The first-order chi connectivity index (χ1) is 16.7. The zero-order chi connectivity index (χ0) is 23.3. The molecule has 0 aliphatic carbocycles. The van der Waals surface area contributed by atoms with Crippen molar-refractivity contribution in [2.45, 2.75) is 32.1 Å². The highest BCUT2D eigenvalue weighted by molar-refractivity contribution is 6.13. The van der Waals surface area contributed by atoms with Gasteiger partial charge < -0.3 is 26.1 Å². The molecule has 8 nitrogen and oxygen atoms in total. The Labute approximate surface area is 198 Å². The fraction of sp³-hybridized carbons (Fsp3) is 0.346. The van der Waals surface area contributed by atoms with Crippen LogP contribution in [0.4, 0.5) is 5.82 Å². The Hall–Kier alpha value is -3.65. The zero-order valence-electron chi connectivity index (χ0n) is 19.3. The third-order valence-corrected chi connectivity index (χ3v) is 6.50. The van der Waals surface area contributed by atoms with Crippen LogP contribution in [0.3, 0.4) is 0 Å². The van der Waals surface area contributed by atoms with E-state index in [9.17, 15) is 0 Å². The van der Waals surface area contributed by atoms with Gasteiger partial charge in [0.1, 0.15) is 17.3 Å². The maximum Gasteiger partial charge on any atom is 0.170 e. The lowest BCUT2D eigenvalue weighted by Gasteiger charge is -2.26. The van der Waals surface area contributed by atoms with Crippen LogP contribution in [0.15, 0.2) is 53.7 Å². The number of likely N-dealkylation sites (tertiary alicyclic amines) is 1. The Bertz CT molecular complexity index is 1290. The second kappa shape index (κ2) is 10.1. The predicted octanol–water partition coefficient (Wildman–Crippen LogP) is 4.08. The Morgan fingerprint density at radius 2 is 1.91 bits per heavy atom. The number of amidine groups is 1. The fourth-order valence-electron chi connectivity index (χ4n) is 4.74. The molecule has 8 heteroatoms. The SMILES string of the molecule is NC(=NO)c1ccc2c(c1)[nH]c1nc(Cc3ccccc3)nc(NCCCN3CCCCC3)c12. The molecular formula is C26H31N7O. The van der Waals surface area contributed by atoms with Crippen LogP contribution >= 0.6 is 0 Å². The number of fused-ring (bicyclic) bond motifs is 3. The summed E-state index contributed by atoms with van der Waals surface area (Å²) in [6.45, 7) is 4.38. The van der Waals surface area contributed by atoms with Gasteiger partial charge in [0, 0.05) is 29.4 Å². The highest BCUT2D eigenvalue weighted by atomic mass is 16.4. The molecule has 0 unspecified atom stereocenters. The van der Waals surface area contributed by atoms with Crippen LogP contribution in [-0.4, -0.2) is 57.1 Å². The van der Waals surface area contributed by atoms with Crippen LogP contribution in [0.5, 0.6) is 0 Å². The summed E-state index contributed by atoms with van der Waals surface area (Å²) in [5.74, 6) is 1.69. The van der Waals surface area contributed by atoms with Gasteiger partial charge in [-0.3, -0.25) is 0 Å². The molecule has 0 bridgehead atoms. The van der Waals surface area contributed by atoms with Crippen LogP contribution in [-0.2, 0) is 6.42 Å². The van der Waals surface area contributed by atoms with Crippen LogP contribution in [0.2, 0.25) is 0 Å². The number of nitrogens with one attached hydrogen (secondary N) is 2. The molecule has 5 N–H and O–H groups in total. The molecule has 1 aliphatic rings. The molecular weight excluding hydrogens is 426 g/mol.